The van der Waals surface area contributed by atoms with Crippen LogP contribution in [0, 0.1) is 5.82 Å². The van der Waals surface area contributed by atoms with Crippen LogP contribution in [0.4, 0.5) is 15.8 Å². The molecule has 2 atom stereocenters. The lowest BCUT2D eigenvalue weighted by Gasteiger charge is -2.30. The average Bonchev–Trinajstić information content (AvgIpc) is 2.77. The molecule has 0 saturated heterocycles. The van der Waals surface area contributed by atoms with Gasteiger partial charge in [0, 0.05) is 36.3 Å². The van der Waals surface area contributed by atoms with Crippen LogP contribution in [0.2, 0.25) is 0 Å². The van der Waals surface area contributed by atoms with E-state index in [1.54, 1.807) is 18.2 Å². The summed E-state index contributed by atoms with van der Waals surface area (Å²) in [4.78, 5) is 1.97. The Balaban J connectivity index is 2.13. The third-order valence-corrected chi connectivity index (χ3v) is 7.50. The van der Waals surface area contributed by atoms with Crippen molar-refractivity contribution in [2.45, 2.75) is 19.1 Å². The SMILES string of the molecule is CCCO[P@](=O)(c1ccc(N(C)C)cc1)[C@H](Nc1ccccc1)c1ccccc1F. The van der Waals surface area contributed by atoms with Gasteiger partial charge in [-0.2, -0.15) is 0 Å². The fraction of sp³-hybridized carbons (Fsp3) is 0.250. The van der Waals surface area contributed by atoms with E-state index in [-0.39, 0.29) is 0 Å². The van der Waals surface area contributed by atoms with Crippen LogP contribution in [-0.4, -0.2) is 20.7 Å². The number of halogens is 1. The van der Waals surface area contributed by atoms with Crippen molar-refractivity contribution in [1.29, 1.82) is 0 Å². The number of nitrogens with one attached hydrogen (secondary N) is 1. The Morgan fingerprint density at radius 1 is 0.967 bits per heavy atom. The smallest absolute Gasteiger partial charge is 0.258 e. The molecule has 1 N–H and O–H groups in total. The molecule has 0 saturated carbocycles. The summed E-state index contributed by atoms with van der Waals surface area (Å²) in [6.45, 7) is 2.27. The van der Waals surface area contributed by atoms with Crippen molar-refractivity contribution in [3.05, 3.63) is 90.2 Å². The Bertz CT molecular complexity index is 994. The predicted molar refractivity (Wildman–Crippen MR) is 123 cm³/mol. The van der Waals surface area contributed by atoms with E-state index in [0.717, 1.165) is 11.4 Å². The first-order chi connectivity index (χ1) is 14.5. The topological polar surface area (TPSA) is 41.6 Å². The highest BCUT2D eigenvalue weighted by atomic mass is 31.2. The molecule has 0 heterocycles. The number of benzene rings is 3. The van der Waals surface area contributed by atoms with Gasteiger partial charge in [-0.25, -0.2) is 4.39 Å². The van der Waals surface area contributed by atoms with Crippen LogP contribution in [0.3, 0.4) is 0 Å². The van der Waals surface area contributed by atoms with Gasteiger partial charge in [-0.1, -0.05) is 43.3 Å². The summed E-state index contributed by atoms with van der Waals surface area (Å²) in [5.41, 5.74) is 2.05. The van der Waals surface area contributed by atoms with Crippen molar-refractivity contribution < 1.29 is 13.5 Å². The van der Waals surface area contributed by atoms with Gasteiger partial charge in [0.1, 0.15) is 11.6 Å². The van der Waals surface area contributed by atoms with Crippen LogP contribution >= 0.6 is 7.37 Å². The first kappa shape index (κ1) is 22.1. The number of hydrogen-bond donors (Lipinski definition) is 1. The van der Waals surface area contributed by atoms with Crippen molar-refractivity contribution in [3.63, 3.8) is 0 Å². The first-order valence-electron chi connectivity index (χ1n) is 10.0. The van der Waals surface area contributed by atoms with Crippen molar-refractivity contribution in [3.8, 4) is 0 Å². The maximum Gasteiger partial charge on any atom is 0.258 e. The van der Waals surface area contributed by atoms with E-state index in [0.29, 0.717) is 23.9 Å². The molecular formula is C24H28FN2O2P. The molecule has 30 heavy (non-hydrogen) atoms. The molecular weight excluding hydrogens is 398 g/mol. The monoisotopic (exact) mass is 426 g/mol. The molecule has 3 aromatic carbocycles. The van der Waals surface area contributed by atoms with Crippen LogP contribution in [0.5, 0.6) is 0 Å². The lowest BCUT2D eigenvalue weighted by molar-refractivity contribution is 0.314. The molecule has 4 nitrogen and oxygen atoms in total. The Morgan fingerprint density at radius 2 is 1.60 bits per heavy atom. The molecule has 3 rings (SSSR count). The number of rotatable bonds is 9. The maximum absolute atomic E-state index is 14.9. The highest BCUT2D eigenvalue weighted by Crippen LogP contribution is 2.59. The van der Waals surface area contributed by atoms with Gasteiger partial charge < -0.3 is 14.7 Å². The Morgan fingerprint density at radius 3 is 2.20 bits per heavy atom. The van der Waals surface area contributed by atoms with Crippen LogP contribution in [-0.2, 0) is 9.09 Å². The summed E-state index contributed by atoms with van der Waals surface area (Å²) in [5.74, 6) is -1.28. The van der Waals surface area contributed by atoms with Crippen LogP contribution in [0.25, 0.3) is 0 Å². The summed E-state index contributed by atoms with van der Waals surface area (Å²) < 4.78 is 35.3. The fourth-order valence-corrected chi connectivity index (χ4v) is 5.73. The second kappa shape index (κ2) is 9.92. The zero-order valence-corrected chi connectivity index (χ0v) is 18.5. The van der Waals surface area contributed by atoms with E-state index < -0.39 is 19.0 Å². The number of anilines is 2. The van der Waals surface area contributed by atoms with Gasteiger partial charge in [0.15, 0.2) is 0 Å². The molecule has 158 valence electrons. The summed E-state index contributed by atoms with van der Waals surface area (Å²) in [5, 5.41) is 3.84. The number of para-hydroxylation sites is 1. The molecule has 0 amide bonds. The molecule has 6 heteroatoms. The standard InChI is InChI=1S/C24H28FN2O2P/c1-4-18-29-30(28,21-16-14-20(15-17-21)27(2)3)24(22-12-8-9-13-23(22)25)26-19-10-6-5-7-11-19/h5-17,24,26H,4,18H2,1-3H3/t24-,30+/m0/s1. The van der Waals surface area contributed by atoms with E-state index in [2.05, 4.69) is 5.32 Å². The molecule has 0 aliphatic rings. The fourth-order valence-electron chi connectivity index (χ4n) is 3.22. The molecule has 0 spiro atoms. The minimum absolute atomic E-state index is 0.314. The lowest BCUT2D eigenvalue weighted by Crippen LogP contribution is -2.22. The molecule has 0 aliphatic carbocycles. The second-order valence-electron chi connectivity index (χ2n) is 7.28. The minimum Gasteiger partial charge on any atom is -0.378 e. The van der Waals surface area contributed by atoms with Gasteiger partial charge in [0.2, 0.25) is 0 Å². The highest BCUT2D eigenvalue weighted by molar-refractivity contribution is 7.67. The van der Waals surface area contributed by atoms with Crippen LogP contribution in [0.1, 0.15) is 24.7 Å². The van der Waals surface area contributed by atoms with Crippen LogP contribution in [0.15, 0.2) is 78.9 Å². The molecule has 0 bridgehead atoms. The quantitative estimate of drug-likeness (QED) is 0.424. The van der Waals surface area contributed by atoms with Gasteiger partial charge in [-0.05, 0) is 48.9 Å². The first-order valence-corrected chi connectivity index (χ1v) is 11.7. The molecule has 0 radical (unpaired) electrons. The molecule has 3 aromatic rings. The molecule has 0 unspecified atom stereocenters. The van der Waals surface area contributed by atoms with Gasteiger partial charge in [-0.15, -0.1) is 0 Å². The summed E-state index contributed by atoms with van der Waals surface area (Å²) in [6.07, 6.45) is 0.703. The largest absolute Gasteiger partial charge is 0.378 e. The van der Waals surface area contributed by atoms with Gasteiger partial charge in [0.05, 0.1) is 6.61 Å². The normalized spacial score (nSPS) is 14.0. The molecule has 0 fully saturated rings. The molecule has 0 aliphatic heterocycles. The van der Waals surface area contributed by atoms with Gasteiger partial charge in [0.25, 0.3) is 7.37 Å². The maximum atomic E-state index is 14.9. The van der Waals surface area contributed by atoms with Crippen molar-refractivity contribution in [1.82, 2.24) is 0 Å². The van der Waals surface area contributed by atoms with E-state index in [1.807, 2.05) is 80.5 Å². The zero-order chi connectivity index (χ0) is 21.6. The van der Waals surface area contributed by atoms with E-state index >= 15 is 0 Å². The predicted octanol–water partition coefficient (Wildman–Crippen LogP) is 6.03. The molecule has 0 aromatic heterocycles. The summed E-state index contributed by atoms with van der Waals surface area (Å²) >= 11 is 0. The lowest BCUT2D eigenvalue weighted by atomic mass is 10.2. The van der Waals surface area contributed by atoms with Gasteiger partial charge >= 0.3 is 0 Å². The minimum atomic E-state index is -3.53. The van der Waals surface area contributed by atoms with Gasteiger partial charge in [-0.3, -0.25) is 4.57 Å². The second-order valence-corrected chi connectivity index (χ2v) is 9.76. The zero-order valence-electron chi connectivity index (χ0n) is 17.6. The third kappa shape index (κ3) is 4.92. The van der Waals surface area contributed by atoms with Crippen molar-refractivity contribution in [2.24, 2.45) is 0 Å². The number of nitrogens with zero attached hydrogens (tertiary/aromatic N) is 1. The van der Waals surface area contributed by atoms with E-state index in [4.69, 9.17) is 4.52 Å². The average molecular weight is 426 g/mol. The Hall–Kier alpha value is -2.62. The Kier molecular flexibility index (Phi) is 7.30. The summed E-state index contributed by atoms with van der Waals surface area (Å²) in [6, 6.07) is 23.2. The summed E-state index contributed by atoms with van der Waals surface area (Å²) in [7, 11) is 0.359. The third-order valence-electron chi connectivity index (χ3n) is 4.83. The Labute approximate surface area is 178 Å². The van der Waals surface area contributed by atoms with Crippen LogP contribution < -0.4 is 15.5 Å². The van der Waals surface area contributed by atoms with E-state index in [1.165, 1.54) is 6.07 Å². The van der Waals surface area contributed by atoms with Crippen molar-refractivity contribution in [2.75, 3.05) is 30.9 Å². The van der Waals surface area contributed by atoms with E-state index in [9.17, 15) is 8.96 Å². The van der Waals surface area contributed by atoms with Crippen molar-refractivity contribution >= 4 is 24.0 Å². The number of hydrogen-bond acceptors (Lipinski definition) is 4. The highest BCUT2D eigenvalue weighted by Gasteiger charge is 2.39.